The molecular weight excluding hydrogens is 286 g/mol. The third kappa shape index (κ3) is 1.75. The summed E-state index contributed by atoms with van der Waals surface area (Å²) in [6, 6.07) is 1.95. The fraction of sp³-hybridized carbons (Fsp3) is 0.143. The van der Waals surface area contributed by atoms with E-state index in [1.54, 1.807) is 11.3 Å². The Kier molecular flexibility index (Phi) is 2.71. The molecule has 2 rings (SSSR count). The number of nitrogens with zero attached hydrogens (tertiary/aromatic N) is 1. The van der Waals surface area contributed by atoms with Gasteiger partial charge >= 0.3 is 5.69 Å². The van der Waals surface area contributed by atoms with Crippen LogP contribution < -0.4 is 5.69 Å². The van der Waals surface area contributed by atoms with Crippen molar-refractivity contribution in [1.29, 1.82) is 0 Å². The third-order valence-electron chi connectivity index (χ3n) is 1.76. The Balaban J connectivity index is 2.41. The van der Waals surface area contributed by atoms with Gasteiger partial charge in [-0.2, -0.15) is 0 Å². The normalized spacial score (nSPS) is 10.6. The van der Waals surface area contributed by atoms with Gasteiger partial charge in [0, 0.05) is 9.35 Å². The van der Waals surface area contributed by atoms with Crippen LogP contribution in [0.25, 0.3) is 0 Å². The zero-order chi connectivity index (χ0) is 10.1. The lowest BCUT2D eigenvalue weighted by atomic mass is 10.5. The van der Waals surface area contributed by atoms with E-state index in [0.29, 0.717) is 11.3 Å². The first-order valence-electron chi connectivity index (χ1n) is 3.78. The number of hydrogen-bond donors (Lipinski definition) is 2. The summed E-state index contributed by atoms with van der Waals surface area (Å²) in [5.41, 5.74) is -0.213. The van der Waals surface area contributed by atoms with Gasteiger partial charge in [-0.1, -0.05) is 0 Å². The Morgan fingerprint density at radius 3 is 2.86 bits per heavy atom. The SMILES string of the molecule is O=c1[nH][nH]c(=S)n1Cc1sccc1Br. The minimum absolute atomic E-state index is 0.213. The van der Waals surface area contributed by atoms with Crippen molar-refractivity contribution in [2.45, 2.75) is 6.54 Å². The standard InChI is InChI=1S/C7H6BrN3OS2/c8-4-1-2-14-5(4)3-11-6(12)9-10-7(11)13/h1-2H,3H2,(H,9,12)(H,10,13). The highest BCUT2D eigenvalue weighted by molar-refractivity contribution is 9.10. The van der Waals surface area contributed by atoms with Crippen LogP contribution in [0.5, 0.6) is 0 Å². The molecule has 0 amide bonds. The molecule has 2 N–H and O–H groups in total. The molecule has 2 heterocycles. The second-order valence-electron chi connectivity index (χ2n) is 2.64. The van der Waals surface area contributed by atoms with Crippen molar-refractivity contribution >= 4 is 39.5 Å². The van der Waals surface area contributed by atoms with Crippen molar-refractivity contribution in [2.75, 3.05) is 0 Å². The summed E-state index contributed by atoms with van der Waals surface area (Å²) < 4.78 is 2.90. The molecule has 0 unspecified atom stereocenters. The van der Waals surface area contributed by atoms with Crippen molar-refractivity contribution in [3.63, 3.8) is 0 Å². The van der Waals surface area contributed by atoms with Gasteiger partial charge in [0.15, 0.2) is 4.77 Å². The average Bonchev–Trinajstić information content (AvgIpc) is 2.67. The molecule has 74 valence electrons. The summed E-state index contributed by atoms with van der Waals surface area (Å²) in [6.45, 7) is 0.496. The molecule has 2 aromatic rings. The lowest BCUT2D eigenvalue weighted by Crippen LogP contribution is -2.17. The van der Waals surface area contributed by atoms with E-state index in [2.05, 4.69) is 26.1 Å². The van der Waals surface area contributed by atoms with Gasteiger partial charge in [-0.3, -0.25) is 9.67 Å². The fourth-order valence-corrected chi connectivity index (χ4v) is 2.72. The molecule has 0 radical (unpaired) electrons. The van der Waals surface area contributed by atoms with Gasteiger partial charge in [0.1, 0.15) is 0 Å². The van der Waals surface area contributed by atoms with Crippen LogP contribution in [0.2, 0.25) is 0 Å². The summed E-state index contributed by atoms with van der Waals surface area (Å²) in [5.74, 6) is 0. The summed E-state index contributed by atoms with van der Waals surface area (Å²) in [5, 5.41) is 7.00. The molecule has 14 heavy (non-hydrogen) atoms. The molecule has 0 saturated carbocycles. The van der Waals surface area contributed by atoms with Gasteiger partial charge in [0.05, 0.1) is 6.54 Å². The average molecular weight is 292 g/mol. The number of thiophene rings is 1. The van der Waals surface area contributed by atoms with Crippen molar-refractivity contribution in [3.8, 4) is 0 Å². The zero-order valence-corrected chi connectivity index (χ0v) is 10.1. The van der Waals surface area contributed by atoms with Gasteiger partial charge < -0.3 is 0 Å². The summed E-state index contributed by atoms with van der Waals surface area (Å²) >= 11 is 9.94. The molecule has 2 aromatic heterocycles. The predicted molar refractivity (Wildman–Crippen MR) is 61.4 cm³/mol. The Morgan fingerprint density at radius 1 is 1.57 bits per heavy atom. The third-order valence-corrected chi connectivity index (χ3v) is 3.99. The van der Waals surface area contributed by atoms with Crippen LogP contribution in [0.1, 0.15) is 4.88 Å². The van der Waals surface area contributed by atoms with Crippen LogP contribution in [-0.4, -0.2) is 14.8 Å². The van der Waals surface area contributed by atoms with Crippen LogP contribution in [0.4, 0.5) is 0 Å². The van der Waals surface area contributed by atoms with Crippen molar-refractivity contribution in [1.82, 2.24) is 14.8 Å². The number of aromatic amines is 2. The highest BCUT2D eigenvalue weighted by Gasteiger charge is 2.05. The van der Waals surface area contributed by atoms with E-state index in [1.165, 1.54) is 4.57 Å². The molecule has 0 aliphatic rings. The molecule has 7 heteroatoms. The number of rotatable bonds is 2. The van der Waals surface area contributed by atoms with Crippen molar-refractivity contribution in [3.05, 3.63) is 36.1 Å². The first kappa shape index (κ1) is 9.88. The summed E-state index contributed by atoms with van der Waals surface area (Å²) in [6.07, 6.45) is 0. The van der Waals surface area contributed by atoms with E-state index in [9.17, 15) is 4.79 Å². The zero-order valence-electron chi connectivity index (χ0n) is 6.91. The van der Waals surface area contributed by atoms with Crippen molar-refractivity contribution < 1.29 is 0 Å². The maximum atomic E-state index is 11.3. The number of hydrogen-bond acceptors (Lipinski definition) is 3. The van der Waals surface area contributed by atoms with Crippen LogP contribution >= 0.6 is 39.5 Å². The monoisotopic (exact) mass is 291 g/mol. The lowest BCUT2D eigenvalue weighted by molar-refractivity contribution is 0.759. The molecule has 0 aliphatic heterocycles. The van der Waals surface area contributed by atoms with Crippen LogP contribution in [-0.2, 0) is 6.54 Å². The second kappa shape index (κ2) is 3.84. The minimum Gasteiger partial charge on any atom is -0.272 e. The van der Waals surface area contributed by atoms with E-state index in [-0.39, 0.29) is 5.69 Å². The Morgan fingerprint density at radius 2 is 2.36 bits per heavy atom. The quantitative estimate of drug-likeness (QED) is 0.833. The smallest absolute Gasteiger partial charge is 0.272 e. The van der Waals surface area contributed by atoms with Gasteiger partial charge in [-0.05, 0) is 39.6 Å². The van der Waals surface area contributed by atoms with E-state index < -0.39 is 0 Å². The molecule has 0 aromatic carbocycles. The summed E-state index contributed by atoms with van der Waals surface area (Å²) in [4.78, 5) is 12.4. The fourth-order valence-electron chi connectivity index (χ4n) is 1.06. The van der Waals surface area contributed by atoms with E-state index in [4.69, 9.17) is 12.2 Å². The molecule has 4 nitrogen and oxygen atoms in total. The van der Waals surface area contributed by atoms with Gasteiger partial charge in [-0.15, -0.1) is 11.3 Å². The largest absolute Gasteiger partial charge is 0.342 e. The Labute approximate surface area is 96.7 Å². The number of H-pyrrole nitrogens is 2. The predicted octanol–water partition coefficient (Wildman–Crippen LogP) is 2.11. The highest BCUT2D eigenvalue weighted by Crippen LogP contribution is 2.22. The number of halogens is 1. The molecule has 0 bridgehead atoms. The molecule has 0 atom stereocenters. The maximum Gasteiger partial charge on any atom is 0.342 e. The molecule has 0 aliphatic carbocycles. The molecule has 0 fully saturated rings. The van der Waals surface area contributed by atoms with Gasteiger partial charge in [0.25, 0.3) is 0 Å². The highest BCUT2D eigenvalue weighted by atomic mass is 79.9. The molecule has 0 spiro atoms. The van der Waals surface area contributed by atoms with Crippen molar-refractivity contribution in [2.24, 2.45) is 0 Å². The molecular formula is C7H6BrN3OS2. The first-order chi connectivity index (χ1) is 6.68. The van der Waals surface area contributed by atoms with Crippen LogP contribution in [0.3, 0.4) is 0 Å². The number of nitrogens with one attached hydrogen (secondary N) is 2. The van der Waals surface area contributed by atoms with E-state index in [1.807, 2.05) is 11.4 Å². The lowest BCUT2D eigenvalue weighted by Gasteiger charge is -1.97. The van der Waals surface area contributed by atoms with E-state index >= 15 is 0 Å². The minimum atomic E-state index is -0.213. The summed E-state index contributed by atoms with van der Waals surface area (Å²) in [7, 11) is 0. The van der Waals surface area contributed by atoms with Crippen LogP contribution in [0.15, 0.2) is 20.7 Å². The number of aromatic nitrogens is 3. The Bertz CT molecular complexity index is 522. The molecule has 0 saturated heterocycles. The Hall–Kier alpha value is -0.660. The topological polar surface area (TPSA) is 53.6 Å². The van der Waals surface area contributed by atoms with Gasteiger partial charge in [0.2, 0.25) is 0 Å². The second-order valence-corrected chi connectivity index (χ2v) is 4.88. The maximum absolute atomic E-state index is 11.3. The van der Waals surface area contributed by atoms with Gasteiger partial charge in [-0.25, -0.2) is 9.89 Å². The van der Waals surface area contributed by atoms with Crippen LogP contribution in [0, 0.1) is 4.77 Å². The first-order valence-corrected chi connectivity index (χ1v) is 5.86. The van der Waals surface area contributed by atoms with E-state index in [0.717, 1.165) is 9.35 Å².